The zero-order chi connectivity index (χ0) is 17.7. The van der Waals surface area contributed by atoms with Gasteiger partial charge in [-0.25, -0.2) is 0 Å². The Balaban J connectivity index is 2.25. The van der Waals surface area contributed by atoms with Crippen LogP contribution in [-0.4, -0.2) is 28.5 Å². The topological polar surface area (TPSA) is 79.3 Å². The summed E-state index contributed by atoms with van der Waals surface area (Å²) in [6.45, 7) is 5.54. The molecule has 1 aromatic carbocycles. The molecule has 0 saturated heterocycles. The number of rotatable bonds is 6. The maximum Gasteiger partial charge on any atom is 0.315 e. The Morgan fingerprint density at radius 3 is 2.42 bits per heavy atom. The lowest BCUT2D eigenvalue weighted by Gasteiger charge is -2.29. The van der Waals surface area contributed by atoms with Gasteiger partial charge in [0.15, 0.2) is 0 Å². The van der Waals surface area contributed by atoms with Crippen molar-refractivity contribution in [3.8, 4) is 0 Å². The number of nitrogens with one attached hydrogen (secondary N) is 1. The zero-order valence-corrected chi connectivity index (χ0v) is 14.2. The number of hydrogen-bond donors (Lipinski definition) is 2. The van der Waals surface area contributed by atoms with Crippen molar-refractivity contribution in [3.63, 3.8) is 0 Å². The van der Waals surface area contributed by atoms with Crippen LogP contribution in [0, 0.1) is 13.8 Å². The van der Waals surface area contributed by atoms with Crippen molar-refractivity contribution in [1.82, 2.24) is 10.3 Å². The molecule has 24 heavy (non-hydrogen) atoms. The van der Waals surface area contributed by atoms with Gasteiger partial charge in [0.1, 0.15) is 11.1 Å². The van der Waals surface area contributed by atoms with E-state index in [9.17, 15) is 14.7 Å². The van der Waals surface area contributed by atoms with Crippen molar-refractivity contribution in [3.05, 3.63) is 65.0 Å². The van der Waals surface area contributed by atoms with Crippen molar-refractivity contribution >= 4 is 11.9 Å². The maximum absolute atomic E-state index is 12.4. The quantitative estimate of drug-likeness (QED) is 0.855. The molecule has 0 aliphatic heterocycles. The third-order valence-electron chi connectivity index (χ3n) is 4.32. The van der Waals surface area contributed by atoms with Crippen molar-refractivity contribution in [1.29, 1.82) is 0 Å². The van der Waals surface area contributed by atoms with Gasteiger partial charge < -0.3 is 10.4 Å². The van der Waals surface area contributed by atoms with E-state index >= 15 is 0 Å². The highest BCUT2D eigenvalue weighted by molar-refractivity contribution is 5.94. The van der Waals surface area contributed by atoms with E-state index in [0.29, 0.717) is 17.7 Å². The van der Waals surface area contributed by atoms with E-state index < -0.39 is 11.4 Å². The highest BCUT2D eigenvalue weighted by atomic mass is 16.4. The summed E-state index contributed by atoms with van der Waals surface area (Å²) in [5.41, 5.74) is 1.58. The van der Waals surface area contributed by atoms with E-state index in [-0.39, 0.29) is 12.5 Å². The van der Waals surface area contributed by atoms with Gasteiger partial charge in [0.25, 0.3) is 5.91 Å². The van der Waals surface area contributed by atoms with Crippen LogP contribution in [0.4, 0.5) is 0 Å². The normalized spacial score (nSPS) is 13.1. The molecule has 2 N–H and O–H groups in total. The Morgan fingerprint density at radius 1 is 1.21 bits per heavy atom. The first kappa shape index (κ1) is 17.7. The Bertz CT molecular complexity index is 744. The number of carbonyl (C=O) groups is 2. The van der Waals surface area contributed by atoms with Gasteiger partial charge in [-0.2, -0.15) is 0 Å². The number of aryl methyl sites for hydroxylation is 2. The number of pyridine rings is 1. The summed E-state index contributed by atoms with van der Waals surface area (Å²) in [6.07, 6.45) is 2.00. The number of carboxylic acid groups (broad SMARTS) is 1. The van der Waals surface area contributed by atoms with Crippen LogP contribution >= 0.6 is 0 Å². The lowest BCUT2D eigenvalue weighted by molar-refractivity contribution is -0.143. The second-order valence-electron chi connectivity index (χ2n) is 5.97. The van der Waals surface area contributed by atoms with Crippen LogP contribution in [-0.2, 0) is 10.2 Å². The fourth-order valence-electron chi connectivity index (χ4n) is 2.81. The lowest BCUT2D eigenvalue weighted by Crippen LogP contribution is -2.46. The Kier molecular flexibility index (Phi) is 5.34. The van der Waals surface area contributed by atoms with E-state index in [2.05, 4.69) is 10.3 Å². The summed E-state index contributed by atoms with van der Waals surface area (Å²) >= 11 is 0. The number of benzene rings is 1. The molecule has 2 aromatic rings. The smallest absolute Gasteiger partial charge is 0.315 e. The Morgan fingerprint density at radius 2 is 1.88 bits per heavy atom. The number of nitrogens with zero attached hydrogens (tertiary/aromatic N) is 1. The molecule has 0 spiro atoms. The third kappa shape index (κ3) is 3.45. The van der Waals surface area contributed by atoms with Gasteiger partial charge in [0, 0.05) is 12.7 Å². The molecular formula is C19H22N2O3. The minimum Gasteiger partial charge on any atom is -0.481 e. The van der Waals surface area contributed by atoms with Crippen LogP contribution in [0.15, 0.2) is 42.6 Å². The molecule has 0 bridgehead atoms. The SMILES string of the molecule is CCC(CNC(=O)c1ncc(C)cc1C)(C(=O)O)c1ccccc1. The number of carboxylic acids is 1. The van der Waals surface area contributed by atoms with E-state index in [1.54, 1.807) is 30.5 Å². The minimum atomic E-state index is -1.16. The molecule has 5 heteroatoms. The van der Waals surface area contributed by atoms with Crippen LogP contribution in [0.25, 0.3) is 0 Å². The summed E-state index contributed by atoms with van der Waals surface area (Å²) in [4.78, 5) is 28.5. The molecule has 1 heterocycles. The first-order valence-electron chi connectivity index (χ1n) is 7.91. The van der Waals surface area contributed by atoms with Gasteiger partial charge in [-0.3, -0.25) is 14.6 Å². The summed E-state index contributed by atoms with van der Waals surface area (Å²) in [6, 6.07) is 10.9. The van der Waals surface area contributed by atoms with Crippen molar-refractivity contribution in [2.24, 2.45) is 0 Å². The largest absolute Gasteiger partial charge is 0.481 e. The summed E-state index contributed by atoms with van der Waals surface area (Å²) in [5.74, 6) is -1.31. The third-order valence-corrected chi connectivity index (χ3v) is 4.32. The number of hydrogen-bond acceptors (Lipinski definition) is 3. The Hall–Kier alpha value is -2.69. The van der Waals surface area contributed by atoms with Crippen LogP contribution in [0.3, 0.4) is 0 Å². The van der Waals surface area contributed by atoms with Crippen LogP contribution in [0.5, 0.6) is 0 Å². The van der Waals surface area contributed by atoms with E-state index in [0.717, 1.165) is 11.1 Å². The molecular weight excluding hydrogens is 304 g/mol. The summed E-state index contributed by atoms with van der Waals surface area (Å²) in [7, 11) is 0. The molecule has 126 valence electrons. The van der Waals surface area contributed by atoms with E-state index in [1.165, 1.54) is 0 Å². The van der Waals surface area contributed by atoms with Crippen LogP contribution in [0.2, 0.25) is 0 Å². The van der Waals surface area contributed by atoms with Crippen molar-refractivity contribution in [2.75, 3.05) is 6.54 Å². The first-order chi connectivity index (χ1) is 11.4. The number of amides is 1. The molecule has 5 nitrogen and oxygen atoms in total. The van der Waals surface area contributed by atoms with Gasteiger partial charge in [-0.15, -0.1) is 0 Å². The molecule has 0 aliphatic carbocycles. The van der Waals surface area contributed by atoms with Crippen molar-refractivity contribution < 1.29 is 14.7 Å². The molecule has 0 fully saturated rings. The first-order valence-corrected chi connectivity index (χ1v) is 7.91. The molecule has 2 rings (SSSR count). The predicted molar refractivity (Wildman–Crippen MR) is 92.1 cm³/mol. The van der Waals surface area contributed by atoms with E-state index in [1.807, 2.05) is 32.9 Å². The lowest BCUT2D eigenvalue weighted by atomic mass is 9.78. The Labute approximate surface area is 141 Å². The minimum absolute atomic E-state index is 0.0106. The second kappa shape index (κ2) is 7.25. The molecule has 1 aromatic heterocycles. The molecule has 1 atom stereocenters. The zero-order valence-electron chi connectivity index (χ0n) is 14.2. The highest BCUT2D eigenvalue weighted by Crippen LogP contribution is 2.28. The number of carbonyl (C=O) groups excluding carboxylic acids is 1. The van der Waals surface area contributed by atoms with Gasteiger partial charge >= 0.3 is 5.97 Å². The molecule has 1 unspecified atom stereocenters. The molecule has 1 amide bonds. The number of aliphatic carboxylic acids is 1. The van der Waals surface area contributed by atoms with Gasteiger partial charge in [0.2, 0.25) is 0 Å². The molecule has 0 aliphatic rings. The fraction of sp³-hybridized carbons (Fsp3) is 0.316. The van der Waals surface area contributed by atoms with Crippen LogP contribution in [0.1, 0.15) is 40.5 Å². The molecule has 0 radical (unpaired) electrons. The summed E-state index contributed by atoms with van der Waals surface area (Å²) < 4.78 is 0. The monoisotopic (exact) mass is 326 g/mol. The fourth-order valence-corrected chi connectivity index (χ4v) is 2.81. The molecule has 0 saturated carbocycles. The highest BCUT2D eigenvalue weighted by Gasteiger charge is 2.39. The standard InChI is InChI=1S/C19H22N2O3/c1-4-19(18(23)24,15-8-6-5-7-9-15)12-21-17(22)16-14(3)10-13(2)11-20-16/h5-11H,4,12H2,1-3H3,(H,21,22)(H,23,24). The van der Waals surface area contributed by atoms with Crippen molar-refractivity contribution in [2.45, 2.75) is 32.6 Å². The van der Waals surface area contributed by atoms with Gasteiger partial charge in [-0.1, -0.05) is 43.3 Å². The average molecular weight is 326 g/mol. The average Bonchev–Trinajstić information content (AvgIpc) is 2.56. The maximum atomic E-state index is 12.4. The van der Waals surface area contributed by atoms with E-state index in [4.69, 9.17) is 0 Å². The van der Waals surface area contributed by atoms with Gasteiger partial charge in [-0.05, 0) is 37.0 Å². The van der Waals surface area contributed by atoms with Crippen LogP contribution < -0.4 is 5.32 Å². The predicted octanol–water partition coefficient (Wildman–Crippen LogP) is 2.86. The second-order valence-corrected chi connectivity index (χ2v) is 5.97. The van der Waals surface area contributed by atoms with Gasteiger partial charge in [0.05, 0.1) is 0 Å². The number of aromatic nitrogens is 1. The summed E-state index contributed by atoms with van der Waals surface area (Å²) in [5, 5.41) is 12.5.